The highest BCUT2D eigenvalue weighted by Gasteiger charge is 2.10. The maximum Gasteiger partial charge on any atom is 0.254 e. The molecule has 1 N–H and O–H groups in total. The van der Waals surface area contributed by atoms with E-state index in [1.165, 1.54) is 6.33 Å². The molecule has 0 amide bonds. The quantitative estimate of drug-likeness (QED) is 0.893. The molecule has 1 aromatic heterocycles. The number of H-pyrrole nitrogens is 1. The Hall–Kier alpha value is -2.41. The lowest BCUT2D eigenvalue weighted by Gasteiger charge is -2.06. The highest BCUT2D eigenvalue weighted by molar-refractivity contribution is 5.64. The van der Waals surface area contributed by atoms with E-state index in [0.29, 0.717) is 23.2 Å². The molecule has 4 nitrogen and oxygen atoms in total. The Bertz CT molecular complexity index is 653. The van der Waals surface area contributed by atoms with E-state index in [0.717, 1.165) is 12.0 Å². The van der Waals surface area contributed by atoms with Crippen molar-refractivity contribution in [3.05, 3.63) is 52.1 Å². The summed E-state index contributed by atoms with van der Waals surface area (Å²) < 4.78 is 0. The molecule has 0 aliphatic rings. The summed E-state index contributed by atoms with van der Waals surface area (Å²) in [7, 11) is 0. The summed E-state index contributed by atoms with van der Waals surface area (Å²) in [6, 6.07) is 9.23. The van der Waals surface area contributed by atoms with E-state index in [1.54, 1.807) is 18.2 Å². The van der Waals surface area contributed by atoms with E-state index in [-0.39, 0.29) is 5.56 Å². The van der Waals surface area contributed by atoms with Crippen molar-refractivity contribution < 1.29 is 0 Å². The van der Waals surface area contributed by atoms with Gasteiger partial charge in [-0.1, -0.05) is 25.5 Å². The van der Waals surface area contributed by atoms with Gasteiger partial charge in [0.15, 0.2) is 0 Å². The minimum absolute atomic E-state index is 0.107. The molecule has 0 unspecified atom stereocenters. The molecule has 0 spiro atoms. The van der Waals surface area contributed by atoms with Gasteiger partial charge in [-0.2, -0.15) is 5.26 Å². The topological polar surface area (TPSA) is 69.5 Å². The van der Waals surface area contributed by atoms with Crippen LogP contribution >= 0.6 is 0 Å². The number of rotatable bonds is 3. The largest absolute Gasteiger partial charge is 0.313 e. The number of aromatic amines is 1. The van der Waals surface area contributed by atoms with Crippen molar-refractivity contribution in [2.45, 2.75) is 19.8 Å². The van der Waals surface area contributed by atoms with Crippen LogP contribution in [0.5, 0.6) is 0 Å². The predicted molar refractivity (Wildman–Crippen MR) is 69.0 cm³/mol. The normalized spacial score (nSPS) is 10.0. The minimum atomic E-state index is -0.107. The van der Waals surface area contributed by atoms with Crippen molar-refractivity contribution in [3.63, 3.8) is 0 Å². The van der Waals surface area contributed by atoms with E-state index < -0.39 is 0 Å². The second-order valence-electron chi connectivity index (χ2n) is 4.00. The van der Waals surface area contributed by atoms with Gasteiger partial charge in [0.1, 0.15) is 0 Å². The van der Waals surface area contributed by atoms with Crippen LogP contribution in [0.2, 0.25) is 0 Å². The third-order valence-corrected chi connectivity index (χ3v) is 2.71. The third-order valence-electron chi connectivity index (χ3n) is 2.71. The van der Waals surface area contributed by atoms with Gasteiger partial charge in [-0.15, -0.1) is 0 Å². The summed E-state index contributed by atoms with van der Waals surface area (Å²) in [6.07, 6.45) is 2.95. The SMILES string of the molecule is CCCc1c(-c2cccc(C#N)c2)nc[nH]c1=O. The highest BCUT2D eigenvalue weighted by Crippen LogP contribution is 2.20. The monoisotopic (exact) mass is 239 g/mol. The van der Waals surface area contributed by atoms with Crippen molar-refractivity contribution in [1.29, 1.82) is 5.26 Å². The molecule has 90 valence electrons. The average Bonchev–Trinajstić information content (AvgIpc) is 2.41. The second-order valence-corrected chi connectivity index (χ2v) is 4.00. The van der Waals surface area contributed by atoms with Crippen LogP contribution < -0.4 is 5.56 Å². The van der Waals surface area contributed by atoms with Crippen LogP contribution in [0.1, 0.15) is 24.5 Å². The number of hydrogen-bond acceptors (Lipinski definition) is 3. The van der Waals surface area contributed by atoms with Gasteiger partial charge >= 0.3 is 0 Å². The number of hydrogen-bond donors (Lipinski definition) is 1. The predicted octanol–water partition coefficient (Wildman–Crippen LogP) is 2.26. The summed E-state index contributed by atoms with van der Waals surface area (Å²) in [5.74, 6) is 0. The van der Waals surface area contributed by atoms with Crippen LogP contribution in [0.15, 0.2) is 35.4 Å². The number of aromatic nitrogens is 2. The van der Waals surface area contributed by atoms with Crippen molar-refractivity contribution >= 4 is 0 Å². The first-order valence-corrected chi connectivity index (χ1v) is 5.83. The zero-order chi connectivity index (χ0) is 13.0. The van der Waals surface area contributed by atoms with Crippen LogP contribution in [-0.4, -0.2) is 9.97 Å². The molecule has 2 aromatic rings. The van der Waals surface area contributed by atoms with Crippen molar-refractivity contribution in [1.82, 2.24) is 9.97 Å². The van der Waals surface area contributed by atoms with E-state index >= 15 is 0 Å². The number of nitrogens with zero attached hydrogens (tertiary/aromatic N) is 2. The molecular formula is C14H13N3O. The van der Waals surface area contributed by atoms with Crippen LogP contribution in [0.4, 0.5) is 0 Å². The number of benzene rings is 1. The Kier molecular flexibility index (Phi) is 3.54. The summed E-state index contributed by atoms with van der Waals surface area (Å²) in [6.45, 7) is 2.02. The highest BCUT2D eigenvalue weighted by atomic mass is 16.1. The van der Waals surface area contributed by atoms with E-state index in [9.17, 15) is 4.79 Å². The fraction of sp³-hybridized carbons (Fsp3) is 0.214. The minimum Gasteiger partial charge on any atom is -0.313 e. The van der Waals surface area contributed by atoms with Crippen LogP contribution in [-0.2, 0) is 6.42 Å². The van der Waals surface area contributed by atoms with E-state index in [1.807, 2.05) is 13.0 Å². The Labute approximate surface area is 105 Å². The van der Waals surface area contributed by atoms with E-state index in [4.69, 9.17) is 5.26 Å². The fourth-order valence-electron chi connectivity index (χ4n) is 1.89. The van der Waals surface area contributed by atoms with Crippen molar-refractivity contribution in [3.8, 4) is 17.3 Å². The molecule has 0 radical (unpaired) electrons. The van der Waals surface area contributed by atoms with Crippen molar-refractivity contribution in [2.75, 3.05) is 0 Å². The first kappa shape index (κ1) is 12.1. The van der Waals surface area contributed by atoms with Gasteiger partial charge in [0.05, 0.1) is 23.7 Å². The Balaban J connectivity index is 2.60. The summed E-state index contributed by atoms with van der Waals surface area (Å²) >= 11 is 0. The third kappa shape index (κ3) is 2.30. The molecule has 0 aliphatic heterocycles. The van der Waals surface area contributed by atoms with Crippen LogP contribution in [0.3, 0.4) is 0 Å². The molecule has 4 heteroatoms. The first-order valence-electron chi connectivity index (χ1n) is 5.83. The maximum absolute atomic E-state index is 11.8. The fourth-order valence-corrected chi connectivity index (χ4v) is 1.89. The Morgan fingerprint density at radius 1 is 1.44 bits per heavy atom. The molecule has 0 saturated heterocycles. The van der Waals surface area contributed by atoms with Gasteiger partial charge in [0.2, 0.25) is 0 Å². The van der Waals surface area contributed by atoms with Crippen molar-refractivity contribution in [2.24, 2.45) is 0 Å². The summed E-state index contributed by atoms with van der Waals surface area (Å²) in [5.41, 5.74) is 2.61. The lowest BCUT2D eigenvalue weighted by atomic mass is 10.0. The van der Waals surface area contributed by atoms with Gasteiger partial charge in [-0.25, -0.2) is 4.98 Å². The smallest absolute Gasteiger partial charge is 0.254 e. The molecule has 0 saturated carbocycles. The molecule has 1 heterocycles. The zero-order valence-corrected chi connectivity index (χ0v) is 10.1. The molecule has 0 bridgehead atoms. The lowest BCUT2D eigenvalue weighted by molar-refractivity contribution is 0.888. The zero-order valence-electron chi connectivity index (χ0n) is 10.1. The lowest BCUT2D eigenvalue weighted by Crippen LogP contribution is -2.14. The average molecular weight is 239 g/mol. The van der Waals surface area contributed by atoms with Crippen LogP contribution in [0, 0.1) is 11.3 Å². The van der Waals surface area contributed by atoms with Gasteiger partial charge in [0.25, 0.3) is 5.56 Å². The van der Waals surface area contributed by atoms with Gasteiger partial charge < -0.3 is 4.98 Å². The molecule has 0 aliphatic carbocycles. The molecular weight excluding hydrogens is 226 g/mol. The molecule has 2 rings (SSSR count). The molecule has 18 heavy (non-hydrogen) atoms. The van der Waals surface area contributed by atoms with E-state index in [2.05, 4.69) is 16.0 Å². The molecule has 1 aromatic carbocycles. The maximum atomic E-state index is 11.8. The second kappa shape index (κ2) is 5.28. The van der Waals surface area contributed by atoms with Gasteiger partial charge in [0, 0.05) is 11.1 Å². The molecule has 0 atom stereocenters. The summed E-state index contributed by atoms with van der Waals surface area (Å²) in [5, 5.41) is 8.90. The summed E-state index contributed by atoms with van der Waals surface area (Å²) in [4.78, 5) is 18.6. The Morgan fingerprint density at radius 3 is 3.00 bits per heavy atom. The first-order chi connectivity index (χ1) is 8.76. The number of nitrogens with one attached hydrogen (secondary N) is 1. The van der Waals surface area contributed by atoms with Crippen LogP contribution in [0.25, 0.3) is 11.3 Å². The number of nitriles is 1. The van der Waals surface area contributed by atoms with Gasteiger partial charge in [-0.3, -0.25) is 4.79 Å². The standard InChI is InChI=1S/C14H13N3O/c1-2-4-12-13(16-9-17-14(12)18)11-6-3-5-10(7-11)8-15/h3,5-7,9H,2,4H2,1H3,(H,16,17,18). The van der Waals surface area contributed by atoms with Gasteiger partial charge in [-0.05, 0) is 18.6 Å². The molecule has 0 fully saturated rings. The Morgan fingerprint density at radius 2 is 2.28 bits per heavy atom.